The molecule has 156 valence electrons. The molecule has 2 aromatic rings. The van der Waals surface area contributed by atoms with Crippen molar-refractivity contribution in [1.29, 1.82) is 0 Å². The second-order valence-corrected chi connectivity index (χ2v) is 7.17. The molecular formula is C25H32O4. The average Bonchev–Trinajstić information content (AvgIpc) is 2.76. The number of ether oxygens (including phenoxy) is 2. The van der Waals surface area contributed by atoms with Crippen molar-refractivity contribution in [2.24, 2.45) is 0 Å². The summed E-state index contributed by atoms with van der Waals surface area (Å²) >= 11 is 0. The van der Waals surface area contributed by atoms with Crippen LogP contribution in [0, 0.1) is 0 Å². The van der Waals surface area contributed by atoms with Gasteiger partial charge in [-0.15, -0.1) is 0 Å². The molecule has 0 heterocycles. The molecule has 0 amide bonds. The molecule has 0 N–H and O–H groups in total. The van der Waals surface area contributed by atoms with Crippen LogP contribution in [0.3, 0.4) is 0 Å². The minimum absolute atomic E-state index is 0.264. The molecule has 0 bridgehead atoms. The third-order valence-corrected chi connectivity index (χ3v) is 4.78. The number of aryl methyl sites for hydroxylation is 1. The summed E-state index contributed by atoms with van der Waals surface area (Å²) in [5.74, 6) is -0.944. The van der Waals surface area contributed by atoms with Crippen LogP contribution in [0.25, 0.3) is 0 Å². The zero-order chi connectivity index (χ0) is 20.7. The van der Waals surface area contributed by atoms with Gasteiger partial charge in [-0.1, -0.05) is 81.5 Å². The minimum atomic E-state index is -0.481. The van der Waals surface area contributed by atoms with E-state index in [1.807, 2.05) is 18.2 Å². The van der Waals surface area contributed by atoms with Crippen LogP contribution < -0.4 is 0 Å². The summed E-state index contributed by atoms with van der Waals surface area (Å²) in [5, 5.41) is 0. The van der Waals surface area contributed by atoms with E-state index in [0.717, 1.165) is 32.1 Å². The number of benzene rings is 2. The van der Waals surface area contributed by atoms with Crippen molar-refractivity contribution >= 4 is 11.9 Å². The molecule has 2 rings (SSSR count). The zero-order valence-electron chi connectivity index (χ0n) is 17.4. The number of esters is 2. The predicted octanol–water partition coefficient (Wildman–Crippen LogP) is 5.99. The first-order chi connectivity index (χ1) is 14.2. The lowest BCUT2D eigenvalue weighted by Crippen LogP contribution is -2.15. The first-order valence-corrected chi connectivity index (χ1v) is 10.7. The summed E-state index contributed by atoms with van der Waals surface area (Å²) in [6, 6.07) is 16.8. The average molecular weight is 397 g/mol. The van der Waals surface area contributed by atoms with Gasteiger partial charge in [-0.3, -0.25) is 0 Å². The second kappa shape index (κ2) is 13.5. The van der Waals surface area contributed by atoms with Gasteiger partial charge in [0.05, 0.1) is 24.3 Å². The Labute approximate surface area is 174 Å². The van der Waals surface area contributed by atoms with E-state index in [4.69, 9.17) is 9.47 Å². The van der Waals surface area contributed by atoms with Crippen molar-refractivity contribution in [3.8, 4) is 0 Å². The van der Waals surface area contributed by atoms with Crippen LogP contribution in [0.5, 0.6) is 0 Å². The summed E-state index contributed by atoms with van der Waals surface area (Å²) in [6.07, 6.45) is 8.34. The fourth-order valence-corrected chi connectivity index (χ4v) is 3.13. The first kappa shape index (κ1) is 22.7. The maximum atomic E-state index is 12.4. The fraction of sp³-hybridized carbons (Fsp3) is 0.440. The van der Waals surface area contributed by atoms with E-state index in [2.05, 4.69) is 19.1 Å². The Morgan fingerprint density at radius 2 is 1.17 bits per heavy atom. The molecule has 4 heteroatoms. The highest BCUT2D eigenvalue weighted by Crippen LogP contribution is 2.13. The van der Waals surface area contributed by atoms with Gasteiger partial charge in [0.25, 0.3) is 0 Å². The lowest BCUT2D eigenvalue weighted by Gasteiger charge is -2.10. The summed E-state index contributed by atoms with van der Waals surface area (Å²) in [4.78, 5) is 24.8. The van der Waals surface area contributed by atoms with E-state index in [9.17, 15) is 9.59 Å². The van der Waals surface area contributed by atoms with Crippen LogP contribution >= 0.6 is 0 Å². The summed E-state index contributed by atoms with van der Waals surface area (Å²) in [7, 11) is 0. The van der Waals surface area contributed by atoms with Crippen molar-refractivity contribution in [3.05, 3.63) is 71.3 Å². The van der Waals surface area contributed by atoms with Gasteiger partial charge in [0, 0.05) is 0 Å². The molecule has 0 fully saturated rings. The minimum Gasteiger partial charge on any atom is -0.462 e. The Morgan fingerprint density at radius 1 is 0.655 bits per heavy atom. The van der Waals surface area contributed by atoms with Gasteiger partial charge in [-0.2, -0.15) is 0 Å². The monoisotopic (exact) mass is 396 g/mol. The van der Waals surface area contributed by atoms with Crippen LogP contribution in [0.2, 0.25) is 0 Å². The van der Waals surface area contributed by atoms with Crippen molar-refractivity contribution in [3.63, 3.8) is 0 Å². The molecular weight excluding hydrogens is 364 g/mol. The molecule has 0 unspecified atom stereocenters. The molecule has 0 atom stereocenters. The molecule has 0 aliphatic carbocycles. The Morgan fingerprint density at radius 3 is 1.79 bits per heavy atom. The highest BCUT2D eigenvalue weighted by molar-refractivity contribution is 6.03. The van der Waals surface area contributed by atoms with Crippen molar-refractivity contribution in [1.82, 2.24) is 0 Å². The smallest absolute Gasteiger partial charge is 0.339 e. The van der Waals surface area contributed by atoms with E-state index in [-0.39, 0.29) is 11.1 Å². The first-order valence-electron chi connectivity index (χ1n) is 10.7. The van der Waals surface area contributed by atoms with Gasteiger partial charge in [-0.05, 0) is 37.0 Å². The Kier molecular flexibility index (Phi) is 10.6. The summed E-state index contributed by atoms with van der Waals surface area (Å²) < 4.78 is 10.7. The number of carbonyl (C=O) groups excluding carboxylic acids is 2. The van der Waals surface area contributed by atoms with E-state index < -0.39 is 11.9 Å². The van der Waals surface area contributed by atoms with E-state index in [1.54, 1.807) is 24.3 Å². The van der Waals surface area contributed by atoms with Crippen LogP contribution in [0.4, 0.5) is 0 Å². The standard InChI is InChI=1S/C25H32O4/c1-2-3-4-5-6-12-19-28-24(26)22-17-10-11-18-23(22)25(27)29-20-13-16-21-14-8-7-9-15-21/h7-11,14-15,17-18H,2-6,12-13,16,19-20H2,1H3. The van der Waals surface area contributed by atoms with Crippen molar-refractivity contribution in [2.75, 3.05) is 13.2 Å². The summed E-state index contributed by atoms with van der Waals surface area (Å²) in [5.41, 5.74) is 1.74. The molecule has 2 aromatic carbocycles. The maximum absolute atomic E-state index is 12.4. The fourth-order valence-electron chi connectivity index (χ4n) is 3.13. The highest BCUT2D eigenvalue weighted by atomic mass is 16.5. The normalized spacial score (nSPS) is 10.5. The van der Waals surface area contributed by atoms with Crippen molar-refractivity contribution < 1.29 is 19.1 Å². The Hall–Kier alpha value is -2.62. The third kappa shape index (κ3) is 8.51. The maximum Gasteiger partial charge on any atom is 0.339 e. The Balaban J connectivity index is 1.76. The number of hydrogen-bond donors (Lipinski definition) is 0. The topological polar surface area (TPSA) is 52.6 Å². The Bertz CT molecular complexity index is 739. The zero-order valence-corrected chi connectivity index (χ0v) is 17.4. The van der Waals surface area contributed by atoms with E-state index >= 15 is 0 Å². The third-order valence-electron chi connectivity index (χ3n) is 4.78. The number of unbranched alkanes of at least 4 members (excludes halogenated alkanes) is 5. The molecule has 0 saturated heterocycles. The van der Waals surface area contributed by atoms with Crippen LogP contribution in [-0.2, 0) is 15.9 Å². The van der Waals surface area contributed by atoms with Crippen LogP contribution in [-0.4, -0.2) is 25.2 Å². The highest BCUT2D eigenvalue weighted by Gasteiger charge is 2.18. The van der Waals surface area contributed by atoms with Crippen LogP contribution in [0.15, 0.2) is 54.6 Å². The molecule has 0 aliphatic rings. The molecule has 0 saturated carbocycles. The van der Waals surface area contributed by atoms with Gasteiger partial charge in [0.1, 0.15) is 0 Å². The molecule has 29 heavy (non-hydrogen) atoms. The van der Waals surface area contributed by atoms with Gasteiger partial charge >= 0.3 is 11.9 Å². The molecule has 0 radical (unpaired) electrons. The number of hydrogen-bond acceptors (Lipinski definition) is 4. The van der Waals surface area contributed by atoms with Gasteiger partial charge in [0.2, 0.25) is 0 Å². The quantitative estimate of drug-likeness (QED) is 0.308. The van der Waals surface area contributed by atoms with Gasteiger partial charge in [0.15, 0.2) is 0 Å². The van der Waals surface area contributed by atoms with Crippen molar-refractivity contribution in [2.45, 2.75) is 58.3 Å². The van der Waals surface area contributed by atoms with E-state index in [1.165, 1.54) is 24.8 Å². The summed E-state index contributed by atoms with van der Waals surface area (Å²) in [6.45, 7) is 2.88. The lowest BCUT2D eigenvalue weighted by atomic mass is 10.1. The number of carbonyl (C=O) groups is 2. The molecule has 0 aromatic heterocycles. The molecule has 0 spiro atoms. The van der Waals surface area contributed by atoms with E-state index in [0.29, 0.717) is 13.2 Å². The predicted molar refractivity (Wildman–Crippen MR) is 115 cm³/mol. The second-order valence-electron chi connectivity index (χ2n) is 7.17. The molecule has 4 nitrogen and oxygen atoms in total. The molecule has 0 aliphatic heterocycles. The SMILES string of the molecule is CCCCCCCCOC(=O)c1ccccc1C(=O)OCCCc1ccccc1. The van der Waals surface area contributed by atoms with Gasteiger partial charge < -0.3 is 9.47 Å². The van der Waals surface area contributed by atoms with Gasteiger partial charge in [-0.25, -0.2) is 9.59 Å². The number of rotatable bonds is 13. The lowest BCUT2D eigenvalue weighted by molar-refractivity contribution is 0.0452. The largest absolute Gasteiger partial charge is 0.462 e. The van der Waals surface area contributed by atoms with Crippen LogP contribution in [0.1, 0.15) is 78.1 Å².